The minimum absolute atomic E-state index is 0.0812. The molecule has 1 amide bonds. The lowest BCUT2D eigenvalue weighted by Crippen LogP contribution is -2.36. The monoisotopic (exact) mass is 347 g/mol. The molecule has 1 N–H and O–H groups in total. The molecule has 2 aromatic carbocycles. The molecule has 0 aliphatic carbocycles. The quantitative estimate of drug-likeness (QED) is 0.774. The summed E-state index contributed by atoms with van der Waals surface area (Å²) in [5, 5.41) is 6.96. The second-order valence-electron chi connectivity index (χ2n) is 6.57. The fourth-order valence-corrected chi connectivity index (χ4v) is 3.59. The highest BCUT2D eigenvalue weighted by Crippen LogP contribution is 2.36. The molecule has 2 heterocycles. The molecule has 0 spiro atoms. The van der Waals surface area contributed by atoms with E-state index in [0.717, 1.165) is 24.2 Å². The van der Waals surface area contributed by atoms with Crippen molar-refractivity contribution in [1.82, 2.24) is 5.16 Å². The average Bonchev–Trinajstić information content (AvgIpc) is 3.22. The highest BCUT2D eigenvalue weighted by Gasteiger charge is 2.33. The zero-order valence-corrected chi connectivity index (χ0v) is 14.9. The van der Waals surface area contributed by atoms with Crippen LogP contribution in [0.2, 0.25) is 0 Å². The molecule has 132 valence electrons. The maximum absolute atomic E-state index is 13.3. The normalized spacial score (nSPS) is 14.2. The van der Waals surface area contributed by atoms with Crippen LogP contribution in [0.15, 0.2) is 59.1 Å². The van der Waals surface area contributed by atoms with Gasteiger partial charge in [0.25, 0.3) is 5.91 Å². The minimum atomic E-state index is -0.409. The number of aryl methyl sites for hydroxylation is 2. The number of para-hydroxylation sites is 1. The predicted molar refractivity (Wildman–Crippen MR) is 101 cm³/mol. The SMILES string of the molecule is Cc1noc(C)c1NC(=O)[C@@H](c1ccccc1)N1CCc2ccccc21. The molecule has 1 aliphatic heterocycles. The van der Waals surface area contributed by atoms with E-state index in [9.17, 15) is 4.79 Å². The summed E-state index contributed by atoms with van der Waals surface area (Å²) in [6, 6.07) is 17.8. The second kappa shape index (κ2) is 6.67. The van der Waals surface area contributed by atoms with Crippen molar-refractivity contribution in [2.24, 2.45) is 0 Å². The van der Waals surface area contributed by atoms with Gasteiger partial charge in [0, 0.05) is 12.2 Å². The summed E-state index contributed by atoms with van der Waals surface area (Å²) in [4.78, 5) is 15.5. The third kappa shape index (κ3) is 2.86. The number of rotatable bonds is 4. The summed E-state index contributed by atoms with van der Waals surface area (Å²) in [6.07, 6.45) is 0.943. The number of nitrogens with zero attached hydrogens (tertiary/aromatic N) is 2. The van der Waals surface area contributed by atoms with E-state index >= 15 is 0 Å². The molecule has 0 unspecified atom stereocenters. The van der Waals surface area contributed by atoms with Crippen LogP contribution in [0.25, 0.3) is 0 Å². The molecule has 1 atom stereocenters. The van der Waals surface area contributed by atoms with Gasteiger partial charge in [0.15, 0.2) is 5.76 Å². The fourth-order valence-electron chi connectivity index (χ4n) is 3.59. The Balaban J connectivity index is 1.72. The topological polar surface area (TPSA) is 58.4 Å². The summed E-state index contributed by atoms with van der Waals surface area (Å²) < 4.78 is 5.19. The van der Waals surface area contributed by atoms with E-state index in [4.69, 9.17) is 4.52 Å². The van der Waals surface area contributed by atoms with Gasteiger partial charge in [-0.15, -0.1) is 0 Å². The van der Waals surface area contributed by atoms with Gasteiger partial charge in [0.05, 0.1) is 0 Å². The lowest BCUT2D eigenvalue weighted by molar-refractivity contribution is -0.117. The number of aromatic nitrogens is 1. The van der Waals surface area contributed by atoms with Gasteiger partial charge < -0.3 is 14.7 Å². The molecular formula is C21H21N3O2. The number of benzene rings is 2. The molecule has 26 heavy (non-hydrogen) atoms. The van der Waals surface area contributed by atoms with Crippen LogP contribution in [0, 0.1) is 13.8 Å². The first kappa shape index (κ1) is 16.4. The fraction of sp³-hybridized carbons (Fsp3) is 0.238. The van der Waals surface area contributed by atoms with Gasteiger partial charge in [-0.2, -0.15) is 0 Å². The van der Waals surface area contributed by atoms with Gasteiger partial charge in [-0.1, -0.05) is 53.7 Å². The summed E-state index contributed by atoms with van der Waals surface area (Å²) in [7, 11) is 0. The Morgan fingerprint density at radius 2 is 1.85 bits per heavy atom. The van der Waals surface area contributed by atoms with Crippen LogP contribution >= 0.6 is 0 Å². The molecular weight excluding hydrogens is 326 g/mol. The Labute approximate surface area is 152 Å². The smallest absolute Gasteiger partial charge is 0.251 e. The summed E-state index contributed by atoms with van der Waals surface area (Å²) in [5.41, 5.74) is 4.70. The number of fused-ring (bicyclic) bond motifs is 1. The third-order valence-electron chi connectivity index (χ3n) is 4.88. The van der Waals surface area contributed by atoms with Gasteiger partial charge in [-0.25, -0.2) is 0 Å². The van der Waals surface area contributed by atoms with Crippen LogP contribution in [0.1, 0.15) is 28.6 Å². The third-order valence-corrected chi connectivity index (χ3v) is 4.88. The van der Waals surface area contributed by atoms with Crippen LogP contribution in [0.4, 0.5) is 11.4 Å². The predicted octanol–water partition coefficient (Wildman–Crippen LogP) is 4.03. The number of amides is 1. The Kier molecular flexibility index (Phi) is 4.21. The zero-order chi connectivity index (χ0) is 18.1. The number of anilines is 2. The van der Waals surface area contributed by atoms with Crippen LogP contribution in [0.5, 0.6) is 0 Å². The van der Waals surface area contributed by atoms with Gasteiger partial charge in [0.2, 0.25) is 0 Å². The molecule has 0 fully saturated rings. The maximum Gasteiger partial charge on any atom is 0.251 e. The molecule has 0 saturated carbocycles. The molecule has 0 bridgehead atoms. The number of hydrogen-bond acceptors (Lipinski definition) is 4. The van der Waals surface area contributed by atoms with Crippen molar-refractivity contribution in [3.05, 3.63) is 77.2 Å². The highest BCUT2D eigenvalue weighted by molar-refractivity contribution is 5.98. The molecule has 1 aromatic heterocycles. The molecule has 5 nitrogen and oxygen atoms in total. The first-order valence-corrected chi connectivity index (χ1v) is 8.78. The van der Waals surface area contributed by atoms with Crippen molar-refractivity contribution >= 4 is 17.3 Å². The van der Waals surface area contributed by atoms with Crippen molar-refractivity contribution < 1.29 is 9.32 Å². The summed E-state index contributed by atoms with van der Waals surface area (Å²) in [6.45, 7) is 4.45. The van der Waals surface area contributed by atoms with E-state index in [1.54, 1.807) is 6.92 Å². The second-order valence-corrected chi connectivity index (χ2v) is 6.57. The Hall–Kier alpha value is -3.08. The van der Waals surface area contributed by atoms with E-state index in [-0.39, 0.29) is 5.91 Å². The Bertz CT molecular complexity index is 914. The standard InChI is InChI=1S/C21H21N3O2/c1-14-19(15(2)26-23-14)22-21(25)20(17-9-4-3-5-10-17)24-13-12-16-8-6-7-11-18(16)24/h3-11,20H,12-13H2,1-2H3,(H,22,25)/t20-/m1/s1. The van der Waals surface area contributed by atoms with Gasteiger partial charge in [-0.3, -0.25) is 4.79 Å². The number of nitrogens with one attached hydrogen (secondary N) is 1. The van der Waals surface area contributed by atoms with Crippen molar-refractivity contribution in [3.8, 4) is 0 Å². The van der Waals surface area contributed by atoms with Crippen molar-refractivity contribution in [2.75, 3.05) is 16.8 Å². The summed E-state index contributed by atoms with van der Waals surface area (Å²) >= 11 is 0. The maximum atomic E-state index is 13.3. The van der Waals surface area contributed by atoms with E-state index in [1.165, 1.54) is 5.56 Å². The molecule has 0 saturated heterocycles. The van der Waals surface area contributed by atoms with Crippen LogP contribution in [-0.4, -0.2) is 17.6 Å². The minimum Gasteiger partial charge on any atom is -0.359 e. The summed E-state index contributed by atoms with van der Waals surface area (Å²) in [5.74, 6) is 0.534. The van der Waals surface area contributed by atoms with Crippen molar-refractivity contribution in [2.45, 2.75) is 26.3 Å². The molecule has 0 radical (unpaired) electrons. The first-order chi connectivity index (χ1) is 12.6. The van der Waals surface area contributed by atoms with Gasteiger partial charge >= 0.3 is 0 Å². The number of hydrogen-bond donors (Lipinski definition) is 1. The zero-order valence-electron chi connectivity index (χ0n) is 14.9. The molecule has 5 heteroatoms. The molecule has 1 aliphatic rings. The van der Waals surface area contributed by atoms with Crippen LogP contribution in [-0.2, 0) is 11.2 Å². The van der Waals surface area contributed by atoms with Gasteiger partial charge in [-0.05, 0) is 37.5 Å². The van der Waals surface area contributed by atoms with Crippen molar-refractivity contribution in [1.29, 1.82) is 0 Å². The number of carbonyl (C=O) groups excluding carboxylic acids is 1. The van der Waals surface area contributed by atoms with Crippen LogP contribution < -0.4 is 10.2 Å². The lowest BCUT2D eigenvalue weighted by atomic mass is 10.0. The van der Waals surface area contributed by atoms with E-state index in [2.05, 4.69) is 27.5 Å². The first-order valence-electron chi connectivity index (χ1n) is 8.78. The molecule has 4 rings (SSSR count). The van der Waals surface area contributed by atoms with Crippen LogP contribution in [0.3, 0.4) is 0 Å². The number of carbonyl (C=O) groups is 1. The van der Waals surface area contributed by atoms with E-state index in [1.807, 2.05) is 49.4 Å². The van der Waals surface area contributed by atoms with E-state index in [0.29, 0.717) is 17.1 Å². The van der Waals surface area contributed by atoms with Gasteiger partial charge in [0.1, 0.15) is 17.4 Å². The largest absolute Gasteiger partial charge is 0.359 e. The van der Waals surface area contributed by atoms with Crippen molar-refractivity contribution in [3.63, 3.8) is 0 Å². The molecule has 3 aromatic rings. The van der Waals surface area contributed by atoms with E-state index < -0.39 is 6.04 Å². The highest BCUT2D eigenvalue weighted by atomic mass is 16.5. The Morgan fingerprint density at radius 1 is 1.12 bits per heavy atom. The Morgan fingerprint density at radius 3 is 2.58 bits per heavy atom. The average molecular weight is 347 g/mol. The lowest BCUT2D eigenvalue weighted by Gasteiger charge is -2.29.